The maximum absolute atomic E-state index is 10.9. The number of carbonyl (C=O) groups is 1. The first-order chi connectivity index (χ1) is 6.27. The number of isothiocyanates is 1. The Morgan fingerprint density at radius 1 is 1.69 bits per heavy atom. The van der Waals surface area contributed by atoms with E-state index in [4.69, 9.17) is 0 Å². The third kappa shape index (κ3) is 2.43. The number of aliphatic imine (C=N–C) groups is 1. The lowest BCUT2D eigenvalue weighted by molar-refractivity contribution is 0.0594. The van der Waals surface area contributed by atoms with Gasteiger partial charge in [-0.15, -0.1) is 0 Å². The van der Waals surface area contributed by atoms with E-state index in [0.29, 0.717) is 5.69 Å². The number of ether oxygens (including phenoxy) is 1. The molecule has 5 heteroatoms. The van der Waals surface area contributed by atoms with Gasteiger partial charge in [0.1, 0.15) is 5.69 Å². The molecule has 0 saturated carbocycles. The second kappa shape index (κ2) is 4.45. The predicted molar refractivity (Wildman–Crippen MR) is 50.3 cm³/mol. The van der Waals surface area contributed by atoms with Crippen LogP contribution in [0.1, 0.15) is 10.5 Å². The maximum atomic E-state index is 10.9. The van der Waals surface area contributed by atoms with Gasteiger partial charge < -0.3 is 4.74 Å². The zero-order chi connectivity index (χ0) is 9.68. The molecule has 0 aromatic carbocycles. The van der Waals surface area contributed by atoms with Crippen molar-refractivity contribution < 1.29 is 9.53 Å². The molecule has 0 spiro atoms. The molecule has 0 aliphatic rings. The van der Waals surface area contributed by atoms with Gasteiger partial charge in [-0.1, -0.05) is 0 Å². The summed E-state index contributed by atoms with van der Waals surface area (Å²) in [6, 6.07) is 3.12. The first-order valence-electron chi connectivity index (χ1n) is 3.40. The van der Waals surface area contributed by atoms with Crippen molar-refractivity contribution in [2.24, 2.45) is 4.99 Å². The van der Waals surface area contributed by atoms with Gasteiger partial charge in [0, 0.05) is 0 Å². The number of esters is 1. The number of aromatic nitrogens is 1. The van der Waals surface area contributed by atoms with Crippen LogP contribution in [0.15, 0.2) is 23.3 Å². The summed E-state index contributed by atoms with van der Waals surface area (Å²) in [5.41, 5.74) is 0.800. The van der Waals surface area contributed by atoms with Gasteiger partial charge in [-0.05, 0) is 24.4 Å². The Morgan fingerprint density at radius 3 is 2.92 bits per heavy atom. The van der Waals surface area contributed by atoms with E-state index in [-0.39, 0.29) is 5.69 Å². The minimum absolute atomic E-state index is 0.241. The normalized spacial score (nSPS) is 8.69. The summed E-state index contributed by atoms with van der Waals surface area (Å²) in [6.07, 6.45) is 1.42. The van der Waals surface area contributed by atoms with Gasteiger partial charge in [-0.3, -0.25) is 0 Å². The van der Waals surface area contributed by atoms with Gasteiger partial charge in [0.2, 0.25) is 0 Å². The van der Waals surface area contributed by atoms with Crippen LogP contribution in [0.25, 0.3) is 0 Å². The Hall–Kier alpha value is -1.58. The molecule has 1 aromatic rings. The van der Waals surface area contributed by atoms with E-state index in [0.717, 1.165) is 0 Å². The molecule has 0 aliphatic carbocycles. The fourth-order valence-electron chi connectivity index (χ4n) is 0.730. The second-order valence-electron chi connectivity index (χ2n) is 2.10. The van der Waals surface area contributed by atoms with Crippen LogP contribution in [0.2, 0.25) is 0 Å². The van der Waals surface area contributed by atoms with Gasteiger partial charge >= 0.3 is 5.97 Å². The Kier molecular flexibility index (Phi) is 3.25. The molecular weight excluding hydrogens is 188 g/mol. The van der Waals surface area contributed by atoms with Crippen molar-refractivity contribution in [2.75, 3.05) is 7.11 Å². The number of pyridine rings is 1. The largest absolute Gasteiger partial charge is 0.464 e. The molecule has 1 rings (SSSR count). The topological polar surface area (TPSA) is 51.5 Å². The molecule has 0 N–H and O–H groups in total. The van der Waals surface area contributed by atoms with Crippen molar-refractivity contribution in [3.63, 3.8) is 0 Å². The van der Waals surface area contributed by atoms with Crippen LogP contribution in [-0.4, -0.2) is 23.2 Å². The number of hydrogen-bond acceptors (Lipinski definition) is 5. The zero-order valence-corrected chi connectivity index (χ0v) is 7.67. The van der Waals surface area contributed by atoms with Gasteiger partial charge in [0.15, 0.2) is 0 Å². The molecule has 66 valence electrons. The van der Waals surface area contributed by atoms with Crippen LogP contribution >= 0.6 is 12.2 Å². The lowest BCUT2D eigenvalue weighted by Gasteiger charge is -1.96. The van der Waals surface area contributed by atoms with Crippen molar-refractivity contribution in [3.8, 4) is 0 Å². The van der Waals surface area contributed by atoms with Crippen molar-refractivity contribution >= 4 is 29.0 Å². The molecule has 0 atom stereocenters. The quantitative estimate of drug-likeness (QED) is 0.407. The monoisotopic (exact) mass is 194 g/mol. The molecule has 0 radical (unpaired) electrons. The fourth-order valence-corrected chi connectivity index (χ4v) is 0.836. The zero-order valence-electron chi connectivity index (χ0n) is 6.85. The van der Waals surface area contributed by atoms with E-state index in [1.54, 1.807) is 6.07 Å². The Labute approximate surface area is 80.3 Å². The Balaban J connectivity index is 2.93. The number of carbonyl (C=O) groups excluding carboxylic acids is 1. The summed E-state index contributed by atoms with van der Waals surface area (Å²) in [7, 11) is 1.30. The number of rotatable bonds is 2. The van der Waals surface area contributed by atoms with Gasteiger partial charge in [0.25, 0.3) is 0 Å². The first-order valence-corrected chi connectivity index (χ1v) is 3.81. The summed E-state index contributed by atoms with van der Waals surface area (Å²) in [6.45, 7) is 0. The van der Waals surface area contributed by atoms with E-state index >= 15 is 0 Å². The van der Waals surface area contributed by atoms with Crippen molar-refractivity contribution in [1.29, 1.82) is 0 Å². The minimum Gasteiger partial charge on any atom is -0.464 e. The molecule has 1 aromatic heterocycles. The molecule has 0 amide bonds. The van der Waals surface area contributed by atoms with Gasteiger partial charge in [-0.25, -0.2) is 9.78 Å². The number of nitrogens with zero attached hydrogens (tertiary/aromatic N) is 2. The average molecular weight is 194 g/mol. The van der Waals surface area contributed by atoms with Crippen LogP contribution in [0, 0.1) is 0 Å². The lowest BCUT2D eigenvalue weighted by Crippen LogP contribution is -2.02. The number of hydrogen-bond donors (Lipinski definition) is 0. The highest BCUT2D eigenvalue weighted by atomic mass is 32.1. The highest BCUT2D eigenvalue weighted by molar-refractivity contribution is 7.78. The lowest BCUT2D eigenvalue weighted by atomic mass is 10.3. The standard InChI is InChI=1S/C8H6N2O2S/c1-12-8(11)7-3-2-6(4-9-7)10-5-13/h2-4H,1H3. The summed E-state index contributed by atoms with van der Waals surface area (Å²) in [5.74, 6) is -0.474. The minimum atomic E-state index is -0.474. The molecule has 0 bridgehead atoms. The van der Waals surface area contributed by atoms with E-state index in [1.165, 1.54) is 19.4 Å². The number of thiocarbonyl (C=S) groups is 1. The highest BCUT2D eigenvalue weighted by Gasteiger charge is 2.05. The third-order valence-electron chi connectivity index (χ3n) is 1.32. The Bertz CT molecular complexity index is 355. The van der Waals surface area contributed by atoms with Crippen LogP contribution < -0.4 is 0 Å². The molecule has 0 unspecified atom stereocenters. The summed E-state index contributed by atoms with van der Waals surface area (Å²) in [5, 5.41) is 2.20. The van der Waals surface area contributed by atoms with Gasteiger partial charge in [-0.2, -0.15) is 4.99 Å². The molecule has 0 saturated heterocycles. The second-order valence-corrected chi connectivity index (χ2v) is 2.28. The maximum Gasteiger partial charge on any atom is 0.356 e. The molecule has 0 fully saturated rings. The van der Waals surface area contributed by atoms with E-state index in [9.17, 15) is 4.79 Å². The van der Waals surface area contributed by atoms with E-state index in [2.05, 4.69) is 32.1 Å². The fraction of sp³-hybridized carbons (Fsp3) is 0.125. The van der Waals surface area contributed by atoms with Crippen molar-refractivity contribution in [3.05, 3.63) is 24.0 Å². The van der Waals surface area contributed by atoms with Crippen LogP contribution in [0.4, 0.5) is 5.69 Å². The van der Waals surface area contributed by atoms with E-state index < -0.39 is 5.97 Å². The SMILES string of the molecule is COC(=O)c1ccc(N=C=S)cn1. The van der Waals surface area contributed by atoms with Crippen LogP contribution in [-0.2, 0) is 4.74 Å². The van der Waals surface area contributed by atoms with Crippen LogP contribution in [0.5, 0.6) is 0 Å². The summed E-state index contributed by atoms with van der Waals surface area (Å²) >= 11 is 4.41. The van der Waals surface area contributed by atoms with Gasteiger partial charge in [0.05, 0.1) is 24.2 Å². The van der Waals surface area contributed by atoms with Crippen molar-refractivity contribution in [2.45, 2.75) is 0 Å². The van der Waals surface area contributed by atoms with E-state index in [1.807, 2.05) is 0 Å². The third-order valence-corrected chi connectivity index (χ3v) is 1.41. The van der Waals surface area contributed by atoms with Crippen molar-refractivity contribution in [1.82, 2.24) is 4.98 Å². The summed E-state index contributed by atoms with van der Waals surface area (Å²) < 4.78 is 4.47. The molecule has 1 heterocycles. The molecule has 4 nitrogen and oxygen atoms in total. The average Bonchev–Trinajstić information content (AvgIpc) is 2.18. The first kappa shape index (κ1) is 9.51. The molecule has 0 aliphatic heterocycles. The summed E-state index contributed by atoms with van der Waals surface area (Å²) in [4.78, 5) is 18.4. The smallest absolute Gasteiger partial charge is 0.356 e. The predicted octanol–water partition coefficient (Wildman–Crippen LogP) is 1.60. The van der Waals surface area contributed by atoms with Crippen LogP contribution in [0.3, 0.4) is 0 Å². The highest BCUT2D eigenvalue weighted by Crippen LogP contribution is 2.09. The molecular formula is C8H6N2O2S. The number of methoxy groups -OCH3 is 1. The Morgan fingerprint density at radius 2 is 2.46 bits per heavy atom. The molecule has 13 heavy (non-hydrogen) atoms.